The minimum Gasteiger partial charge on any atom is -0.311 e. The van der Waals surface area contributed by atoms with E-state index in [1.807, 2.05) is 0 Å². The average Bonchev–Trinajstić information content (AvgIpc) is 2.75. The Balaban J connectivity index is 1.90. The SMILES string of the molecule is c1ccc([P+](C[C@@H]2CCCCN2)(c2ccccc2)c2ccccc2)cc1. The van der Waals surface area contributed by atoms with Crippen molar-refractivity contribution in [2.24, 2.45) is 0 Å². The maximum absolute atomic E-state index is 3.81. The Bertz CT molecular complexity index is 699. The molecule has 1 aliphatic rings. The summed E-state index contributed by atoms with van der Waals surface area (Å²) in [5.74, 6) is 0. The van der Waals surface area contributed by atoms with Gasteiger partial charge in [0.1, 0.15) is 23.2 Å². The largest absolute Gasteiger partial charge is 0.311 e. The highest BCUT2D eigenvalue weighted by Crippen LogP contribution is 2.56. The number of benzene rings is 3. The summed E-state index contributed by atoms with van der Waals surface area (Å²) in [6.45, 7) is 1.16. The second-order valence-electron chi connectivity index (χ2n) is 7.15. The minimum absolute atomic E-state index is 0.595. The zero-order chi connectivity index (χ0) is 17.7. The molecule has 3 aromatic carbocycles. The van der Waals surface area contributed by atoms with Gasteiger partial charge in [-0.1, -0.05) is 61.0 Å². The van der Waals surface area contributed by atoms with E-state index in [0.29, 0.717) is 6.04 Å². The minimum atomic E-state index is -1.68. The maximum Gasteiger partial charge on any atom is 0.113 e. The highest BCUT2D eigenvalue weighted by molar-refractivity contribution is 7.95. The Kier molecular flexibility index (Phi) is 5.48. The molecule has 0 bridgehead atoms. The standard InChI is InChI=1S/C24H27NP/c1-4-13-22(14-5-1)26(23-15-6-2-7-16-23,24-17-8-3-9-18-24)20-21-12-10-11-19-25-21/h1-9,13-18,21,25H,10-12,19-20H2/q+1/t21-/m0/s1. The van der Waals surface area contributed by atoms with E-state index in [1.54, 1.807) is 0 Å². The zero-order valence-electron chi connectivity index (χ0n) is 15.2. The van der Waals surface area contributed by atoms with E-state index in [-0.39, 0.29) is 0 Å². The fourth-order valence-electron chi connectivity index (χ4n) is 4.22. The normalized spacial score (nSPS) is 17.8. The van der Waals surface area contributed by atoms with E-state index in [1.165, 1.54) is 41.3 Å². The van der Waals surface area contributed by atoms with Crippen LogP contribution in [0.3, 0.4) is 0 Å². The predicted octanol–water partition coefficient (Wildman–Crippen LogP) is 4.12. The molecule has 4 rings (SSSR count). The van der Waals surface area contributed by atoms with Gasteiger partial charge in [-0.25, -0.2) is 0 Å². The maximum atomic E-state index is 3.81. The first-order chi connectivity index (χ1) is 12.9. The molecule has 0 aromatic heterocycles. The van der Waals surface area contributed by atoms with Gasteiger partial charge in [0, 0.05) is 6.04 Å². The van der Waals surface area contributed by atoms with Gasteiger partial charge in [-0.15, -0.1) is 0 Å². The molecule has 1 atom stereocenters. The van der Waals surface area contributed by atoms with Gasteiger partial charge in [0.05, 0.1) is 6.16 Å². The van der Waals surface area contributed by atoms with Crippen molar-refractivity contribution in [1.82, 2.24) is 5.32 Å². The van der Waals surface area contributed by atoms with Gasteiger partial charge in [-0.2, -0.15) is 0 Å². The first-order valence-corrected chi connectivity index (χ1v) is 11.7. The van der Waals surface area contributed by atoms with E-state index in [4.69, 9.17) is 0 Å². The lowest BCUT2D eigenvalue weighted by molar-refractivity contribution is 0.428. The molecule has 1 heterocycles. The number of piperidine rings is 1. The van der Waals surface area contributed by atoms with Crippen LogP contribution in [0.25, 0.3) is 0 Å². The Labute approximate surface area is 157 Å². The molecule has 132 valence electrons. The number of nitrogens with one attached hydrogen (secondary N) is 1. The molecular formula is C24H27NP+. The summed E-state index contributed by atoms with van der Waals surface area (Å²) in [4.78, 5) is 0. The lowest BCUT2D eigenvalue weighted by atomic mass is 10.1. The van der Waals surface area contributed by atoms with E-state index < -0.39 is 7.26 Å². The predicted molar refractivity (Wildman–Crippen MR) is 116 cm³/mol. The van der Waals surface area contributed by atoms with Crippen LogP contribution in [0.2, 0.25) is 0 Å². The molecule has 0 unspecified atom stereocenters. The summed E-state index contributed by atoms with van der Waals surface area (Å²) in [7, 11) is -1.68. The fourth-order valence-corrected chi connectivity index (χ4v) is 8.76. The van der Waals surface area contributed by atoms with Crippen LogP contribution >= 0.6 is 7.26 Å². The van der Waals surface area contributed by atoms with Crippen LogP contribution in [0.1, 0.15) is 19.3 Å². The Morgan fingerprint density at radius 3 is 1.50 bits per heavy atom. The van der Waals surface area contributed by atoms with Gasteiger partial charge in [0.2, 0.25) is 0 Å². The Hall–Kier alpha value is -1.95. The molecular weight excluding hydrogens is 333 g/mol. The van der Waals surface area contributed by atoms with Gasteiger partial charge in [0.15, 0.2) is 0 Å². The molecule has 1 aliphatic heterocycles. The summed E-state index contributed by atoms with van der Waals surface area (Å²) in [6.07, 6.45) is 5.14. The number of hydrogen-bond acceptors (Lipinski definition) is 1. The summed E-state index contributed by atoms with van der Waals surface area (Å²) >= 11 is 0. The van der Waals surface area contributed by atoms with Crippen molar-refractivity contribution >= 4 is 23.2 Å². The topological polar surface area (TPSA) is 12.0 Å². The number of rotatable bonds is 5. The lowest BCUT2D eigenvalue weighted by Gasteiger charge is -2.33. The summed E-state index contributed by atoms with van der Waals surface area (Å²) < 4.78 is 0. The lowest BCUT2D eigenvalue weighted by Crippen LogP contribution is -2.44. The van der Waals surface area contributed by atoms with Crippen molar-refractivity contribution in [3.05, 3.63) is 91.0 Å². The van der Waals surface area contributed by atoms with Crippen molar-refractivity contribution in [3.8, 4) is 0 Å². The molecule has 0 saturated carbocycles. The van der Waals surface area contributed by atoms with Crippen molar-refractivity contribution in [3.63, 3.8) is 0 Å². The van der Waals surface area contributed by atoms with Crippen molar-refractivity contribution < 1.29 is 0 Å². The van der Waals surface area contributed by atoms with E-state index in [9.17, 15) is 0 Å². The van der Waals surface area contributed by atoms with E-state index >= 15 is 0 Å². The fraction of sp³-hybridized carbons (Fsp3) is 0.250. The van der Waals surface area contributed by atoms with Gasteiger partial charge in [-0.05, 0) is 55.8 Å². The third kappa shape index (κ3) is 3.47. The zero-order valence-corrected chi connectivity index (χ0v) is 16.1. The van der Waals surface area contributed by atoms with Crippen molar-refractivity contribution in [1.29, 1.82) is 0 Å². The summed E-state index contributed by atoms with van der Waals surface area (Å²) in [5.41, 5.74) is 0. The molecule has 1 fully saturated rings. The summed E-state index contributed by atoms with van der Waals surface area (Å²) in [6, 6.07) is 34.2. The van der Waals surface area contributed by atoms with Crippen LogP contribution in [0, 0.1) is 0 Å². The molecule has 1 saturated heterocycles. The Morgan fingerprint density at radius 1 is 0.654 bits per heavy atom. The van der Waals surface area contributed by atoms with Crippen LogP contribution in [-0.2, 0) is 0 Å². The monoisotopic (exact) mass is 360 g/mol. The molecule has 1 nitrogen and oxygen atoms in total. The molecule has 0 spiro atoms. The molecule has 3 aromatic rings. The first-order valence-electron chi connectivity index (χ1n) is 9.68. The van der Waals surface area contributed by atoms with E-state index in [2.05, 4.69) is 96.3 Å². The molecule has 2 heteroatoms. The van der Waals surface area contributed by atoms with Gasteiger partial charge >= 0.3 is 0 Å². The van der Waals surface area contributed by atoms with Crippen molar-refractivity contribution in [2.75, 3.05) is 12.7 Å². The second kappa shape index (κ2) is 8.16. The van der Waals surface area contributed by atoms with Crippen LogP contribution < -0.4 is 21.2 Å². The Morgan fingerprint density at radius 2 is 1.12 bits per heavy atom. The molecule has 26 heavy (non-hydrogen) atoms. The third-order valence-electron chi connectivity index (χ3n) is 5.50. The smallest absolute Gasteiger partial charge is 0.113 e. The van der Waals surface area contributed by atoms with Crippen LogP contribution in [0.4, 0.5) is 0 Å². The molecule has 0 radical (unpaired) electrons. The van der Waals surface area contributed by atoms with Gasteiger partial charge < -0.3 is 5.32 Å². The second-order valence-corrected chi connectivity index (χ2v) is 10.7. The highest BCUT2D eigenvalue weighted by atomic mass is 31.2. The van der Waals surface area contributed by atoms with Gasteiger partial charge in [0.25, 0.3) is 0 Å². The average molecular weight is 360 g/mol. The quantitative estimate of drug-likeness (QED) is 0.675. The van der Waals surface area contributed by atoms with E-state index in [0.717, 1.165) is 6.54 Å². The molecule has 1 N–H and O–H groups in total. The molecule has 0 amide bonds. The van der Waals surface area contributed by atoms with Crippen LogP contribution in [0.15, 0.2) is 91.0 Å². The third-order valence-corrected chi connectivity index (χ3v) is 10.0. The van der Waals surface area contributed by atoms with Gasteiger partial charge in [-0.3, -0.25) is 0 Å². The summed E-state index contributed by atoms with van der Waals surface area (Å²) in [5, 5.41) is 8.28. The van der Waals surface area contributed by atoms with Crippen LogP contribution in [0.5, 0.6) is 0 Å². The number of hydrogen-bond donors (Lipinski definition) is 1. The van der Waals surface area contributed by atoms with Crippen LogP contribution in [-0.4, -0.2) is 18.7 Å². The first kappa shape index (κ1) is 17.5. The highest BCUT2D eigenvalue weighted by Gasteiger charge is 2.46. The van der Waals surface area contributed by atoms with Crippen molar-refractivity contribution in [2.45, 2.75) is 25.3 Å². The molecule has 0 aliphatic carbocycles.